The Labute approximate surface area is 78.6 Å². The highest BCUT2D eigenvalue weighted by molar-refractivity contribution is 5.80. The molecule has 0 heterocycles. The van der Waals surface area contributed by atoms with Crippen LogP contribution < -0.4 is 11.1 Å². The summed E-state index contributed by atoms with van der Waals surface area (Å²) in [7, 11) is 0. The minimum absolute atomic E-state index is 0.162. The molecule has 0 aromatic rings. The third-order valence-electron chi connectivity index (χ3n) is 1.70. The SMILES string of the molecule is CC(O)CCNC(C)CC(N)=NO. The van der Waals surface area contributed by atoms with Crippen molar-refractivity contribution in [2.45, 2.75) is 38.8 Å². The molecular weight excluding hydrogens is 170 g/mol. The van der Waals surface area contributed by atoms with Crippen LogP contribution >= 0.6 is 0 Å². The molecule has 0 saturated heterocycles. The number of nitrogens with one attached hydrogen (secondary N) is 1. The van der Waals surface area contributed by atoms with Crippen LogP contribution in [0.5, 0.6) is 0 Å². The van der Waals surface area contributed by atoms with E-state index in [1.54, 1.807) is 6.92 Å². The summed E-state index contributed by atoms with van der Waals surface area (Å²) in [5.74, 6) is 0.219. The van der Waals surface area contributed by atoms with E-state index in [2.05, 4.69) is 10.5 Å². The van der Waals surface area contributed by atoms with E-state index in [0.717, 1.165) is 6.54 Å². The standard InChI is InChI=1S/C8H19N3O2/c1-6(5-8(9)11-13)10-4-3-7(2)12/h6-7,10,12-13H,3-5H2,1-2H3,(H2,9,11). The normalized spacial score (nSPS) is 17.0. The molecule has 0 radical (unpaired) electrons. The average molecular weight is 189 g/mol. The molecule has 0 aliphatic heterocycles. The van der Waals surface area contributed by atoms with Crippen molar-refractivity contribution in [1.82, 2.24) is 5.32 Å². The summed E-state index contributed by atoms with van der Waals surface area (Å²) in [5.41, 5.74) is 5.32. The van der Waals surface area contributed by atoms with Crippen molar-refractivity contribution in [2.75, 3.05) is 6.54 Å². The van der Waals surface area contributed by atoms with E-state index in [9.17, 15) is 0 Å². The number of nitrogens with zero attached hydrogens (tertiary/aromatic N) is 1. The van der Waals surface area contributed by atoms with E-state index in [1.807, 2.05) is 6.92 Å². The van der Waals surface area contributed by atoms with Gasteiger partial charge in [0.1, 0.15) is 5.84 Å². The van der Waals surface area contributed by atoms with Crippen LogP contribution in [0.15, 0.2) is 5.16 Å². The van der Waals surface area contributed by atoms with Gasteiger partial charge in [0, 0.05) is 12.5 Å². The highest BCUT2D eigenvalue weighted by Gasteiger charge is 2.04. The molecule has 0 fully saturated rings. The summed E-state index contributed by atoms with van der Waals surface area (Å²) >= 11 is 0. The van der Waals surface area contributed by atoms with Crippen molar-refractivity contribution < 1.29 is 10.3 Å². The van der Waals surface area contributed by atoms with Crippen LogP contribution in [0, 0.1) is 0 Å². The number of aliphatic hydroxyl groups is 1. The van der Waals surface area contributed by atoms with E-state index < -0.39 is 0 Å². The predicted octanol–water partition coefficient (Wildman–Crippen LogP) is -0.128. The molecule has 0 spiro atoms. The molecule has 2 atom stereocenters. The van der Waals surface area contributed by atoms with Crippen LogP contribution in [0.3, 0.4) is 0 Å². The molecule has 0 saturated carbocycles. The maximum Gasteiger partial charge on any atom is 0.140 e. The lowest BCUT2D eigenvalue weighted by Crippen LogP contribution is -2.32. The summed E-state index contributed by atoms with van der Waals surface area (Å²) in [6.07, 6.45) is 0.931. The molecule has 0 aliphatic carbocycles. The molecule has 0 bridgehead atoms. The van der Waals surface area contributed by atoms with Gasteiger partial charge in [-0.25, -0.2) is 0 Å². The van der Waals surface area contributed by atoms with Crippen LogP contribution in [0.25, 0.3) is 0 Å². The fraction of sp³-hybridized carbons (Fsp3) is 0.875. The number of amidine groups is 1. The van der Waals surface area contributed by atoms with Gasteiger partial charge in [0.25, 0.3) is 0 Å². The molecule has 5 N–H and O–H groups in total. The average Bonchev–Trinajstić information content (AvgIpc) is 2.03. The van der Waals surface area contributed by atoms with E-state index >= 15 is 0 Å². The van der Waals surface area contributed by atoms with Crippen molar-refractivity contribution in [3.8, 4) is 0 Å². The van der Waals surface area contributed by atoms with Crippen molar-refractivity contribution in [3.05, 3.63) is 0 Å². The first kappa shape index (κ1) is 12.2. The monoisotopic (exact) mass is 189 g/mol. The maximum atomic E-state index is 8.96. The van der Waals surface area contributed by atoms with Gasteiger partial charge in [0.15, 0.2) is 0 Å². The van der Waals surface area contributed by atoms with E-state index in [1.165, 1.54) is 0 Å². The van der Waals surface area contributed by atoms with Crippen LogP contribution in [-0.2, 0) is 0 Å². The number of aliphatic hydroxyl groups excluding tert-OH is 1. The molecule has 5 nitrogen and oxygen atoms in total. The quantitative estimate of drug-likeness (QED) is 0.203. The van der Waals surface area contributed by atoms with Crippen molar-refractivity contribution in [1.29, 1.82) is 0 Å². The van der Waals surface area contributed by atoms with E-state index in [-0.39, 0.29) is 18.0 Å². The number of oxime groups is 1. The Morgan fingerprint density at radius 3 is 2.62 bits per heavy atom. The summed E-state index contributed by atoms with van der Waals surface area (Å²) in [5, 5.41) is 23.3. The highest BCUT2D eigenvalue weighted by atomic mass is 16.4. The van der Waals surface area contributed by atoms with Crippen LogP contribution in [0.4, 0.5) is 0 Å². The fourth-order valence-corrected chi connectivity index (χ4v) is 0.965. The Morgan fingerprint density at radius 2 is 2.15 bits per heavy atom. The summed E-state index contributed by atoms with van der Waals surface area (Å²) < 4.78 is 0. The van der Waals surface area contributed by atoms with Gasteiger partial charge in [0.2, 0.25) is 0 Å². The van der Waals surface area contributed by atoms with Gasteiger partial charge in [-0.2, -0.15) is 0 Å². The molecule has 0 rings (SSSR count). The summed E-state index contributed by atoms with van der Waals surface area (Å²) in [6, 6.07) is 0.162. The molecule has 13 heavy (non-hydrogen) atoms. The zero-order chi connectivity index (χ0) is 10.3. The van der Waals surface area contributed by atoms with Gasteiger partial charge in [-0.1, -0.05) is 5.16 Å². The molecule has 5 heteroatoms. The summed E-state index contributed by atoms with van der Waals surface area (Å²) in [6.45, 7) is 4.42. The summed E-state index contributed by atoms with van der Waals surface area (Å²) in [4.78, 5) is 0. The number of hydrogen-bond acceptors (Lipinski definition) is 4. The third-order valence-corrected chi connectivity index (χ3v) is 1.70. The Hall–Kier alpha value is -0.810. The maximum absolute atomic E-state index is 8.96. The Kier molecular flexibility index (Phi) is 6.26. The molecule has 0 aliphatic rings. The van der Waals surface area contributed by atoms with Crippen LogP contribution in [0.1, 0.15) is 26.7 Å². The second kappa shape index (κ2) is 6.68. The Morgan fingerprint density at radius 1 is 1.54 bits per heavy atom. The zero-order valence-electron chi connectivity index (χ0n) is 8.20. The number of hydrogen-bond donors (Lipinski definition) is 4. The first-order valence-corrected chi connectivity index (χ1v) is 4.44. The number of rotatable bonds is 6. The van der Waals surface area contributed by atoms with E-state index in [0.29, 0.717) is 12.8 Å². The van der Waals surface area contributed by atoms with Gasteiger partial charge >= 0.3 is 0 Å². The minimum atomic E-state index is -0.288. The first-order valence-electron chi connectivity index (χ1n) is 4.44. The fourth-order valence-electron chi connectivity index (χ4n) is 0.965. The Balaban J connectivity index is 3.46. The van der Waals surface area contributed by atoms with Gasteiger partial charge in [-0.3, -0.25) is 0 Å². The van der Waals surface area contributed by atoms with Crippen molar-refractivity contribution in [2.24, 2.45) is 10.9 Å². The molecule has 0 aromatic heterocycles. The third kappa shape index (κ3) is 7.55. The predicted molar refractivity (Wildman–Crippen MR) is 51.8 cm³/mol. The largest absolute Gasteiger partial charge is 0.409 e. The van der Waals surface area contributed by atoms with Gasteiger partial charge in [-0.05, 0) is 26.8 Å². The zero-order valence-corrected chi connectivity index (χ0v) is 8.20. The molecular formula is C8H19N3O2. The first-order chi connectivity index (χ1) is 6.06. The van der Waals surface area contributed by atoms with Gasteiger partial charge in [0.05, 0.1) is 6.10 Å². The van der Waals surface area contributed by atoms with Crippen molar-refractivity contribution >= 4 is 5.84 Å². The topological polar surface area (TPSA) is 90.9 Å². The lowest BCUT2D eigenvalue weighted by Gasteiger charge is -2.13. The molecule has 0 amide bonds. The second-order valence-corrected chi connectivity index (χ2v) is 3.29. The van der Waals surface area contributed by atoms with Gasteiger partial charge < -0.3 is 21.4 Å². The molecule has 0 aromatic carbocycles. The molecule has 78 valence electrons. The molecule has 2 unspecified atom stereocenters. The number of nitrogens with two attached hydrogens (primary N) is 1. The van der Waals surface area contributed by atoms with Crippen LogP contribution in [-0.4, -0.2) is 34.8 Å². The Bertz CT molecular complexity index is 159. The lowest BCUT2D eigenvalue weighted by atomic mass is 10.2. The highest BCUT2D eigenvalue weighted by Crippen LogP contribution is 1.92. The lowest BCUT2D eigenvalue weighted by molar-refractivity contribution is 0.182. The van der Waals surface area contributed by atoms with Crippen molar-refractivity contribution in [3.63, 3.8) is 0 Å². The van der Waals surface area contributed by atoms with Gasteiger partial charge in [-0.15, -0.1) is 0 Å². The second-order valence-electron chi connectivity index (χ2n) is 3.29. The van der Waals surface area contributed by atoms with E-state index in [4.69, 9.17) is 16.0 Å². The smallest absolute Gasteiger partial charge is 0.140 e. The minimum Gasteiger partial charge on any atom is -0.409 e. The van der Waals surface area contributed by atoms with Crippen LogP contribution in [0.2, 0.25) is 0 Å².